The standard InChI is InChI=1S/C8H8FNO2S/c9-6-3-1-2-4-7(6)13(12)5-8(10)11/h1-4H,5H2,(H2,10,11). The van der Waals surface area contributed by atoms with Gasteiger partial charge in [-0.25, -0.2) is 4.39 Å². The van der Waals surface area contributed by atoms with Gasteiger partial charge in [-0.3, -0.25) is 9.00 Å². The van der Waals surface area contributed by atoms with Gasteiger partial charge >= 0.3 is 0 Å². The molecular weight excluding hydrogens is 193 g/mol. The van der Waals surface area contributed by atoms with Crippen molar-refractivity contribution in [2.24, 2.45) is 5.73 Å². The van der Waals surface area contributed by atoms with E-state index in [9.17, 15) is 13.4 Å². The van der Waals surface area contributed by atoms with Crippen LogP contribution in [0.2, 0.25) is 0 Å². The van der Waals surface area contributed by atoms with Crippen LogP contribution in [0.25, 0.3) is 0 Å². The summed E-state index contributed by atoms with van der Waals surface area (Å²) in [7, 11) is -1.67. The van der Waals surface area contributed by atoms with Crippen molar-refractivity contribution in [2.75, 3.05) is 5.75 Å². The van der Waals surface area contributed by atoms with E-state index < -0.39 is 22.5 Å². The Kier molecular flexibility index (Phi) is 3.13. The van der Waals surface area contributed by atoms with Crippen LogP contribution in [0.15, 0.2) is 29.2 Å². The molecule has 1 rings (SSSR count). The van der Waals surface area contributed by atoms with Gasteiger partial charge < -0.3 is 5.73 Å². The van der Waals surface area contributed by atoms with E-state index in [1.54, 1.807) is 6.07 Å². The minimum Gasteiger partial charge on any atom is -0.369 e. The Morgan fingerprint density at radius 2 is 2.08 bits per heavy atom. The quantitative estimate of drug-likeness (QED) is 0.770. The van der Waals surface area contributed by atoms with Crippen molar-refractivity contribution in [1.82, 2.24) is 0 Å². The molecule has 5 heteroatoms. The molecule has 1 atom stereocenters. The van der Waals surface area contributed by atoms with Gasteiger partial charge in [0.2, 0.25) is 5.91 Å². The Hall–Kier alpha value is -1.23. The first-order valence-corrected chi connectivity index (χ1v) is 4.84. The molecule has 13 heavy (non-hydrogen) atoms. The topological polar surface area (TPSA) is 60.2 Å². The maximum Gasteiger partial charge on any atom is 0.230 e. The lowest BCUT2D eigenvalue weighted by molar-refractivity contribution is -0.115. The maximum atomic E-state index is 12.9. The highest BCUT2D eigenvalue weighted by atomic mass is 32.2. The number of benzene rings is 1. The molecule has 1 aromatic rings. The third-order valence-electron chi connectivity index (χ3n) is 1.36. The van der Waals surface area contributed by atoms with E-state index in [-0.39, 0.29) is 10.6 Å². The number of carbonyl (C=O) groups excluding carboxylic acids is 1. The van der Waals surface area contributed by atoms with Gasteiger partial charge in [0, 0.05) is 0 Å². The van der Waals surface area contributed by atoms with Crippen LogP contribution in [-0.2, 0) is 15.6 Å². The first-order chi connectivity index (χ1) is 6.11. The lowest BCUT2D eigenvalue weighted by atomic mass is 10.3. The van der Waals surface area contributed by atoms with Crippen LogP contribution in [0.5, 0.6) is 0 Å². The van der Waals surface area contributed by atoms with Crippen molar-refractivity contribution in [1.29, 1.82) is 0 Å². The molecular formula is C8H8FNO2S. The van der Waals surface area contributed by atoms with Crippen LogP contribution in [0.3, 0.4) is 0 Å². The summed E-state index contributed by atoms with van der Waals surface area (Å²) in [6.45, 7) is 0. The molecule has 0 saturated heterocycles. The molecule has 0 heterocycles. The van der Waals surface area contributed by atoms with Crippen molar-refractivity contribution in [2.45, 2.75) is 4.90 Å². The molecule has 0 aromatic heterocycles. The summed E-state index contributed by atoms with van der Waals surface area (Å²) >= 11 is 0. The van der Waals surface area contributed by atoms with Gasteiger partial charge in [0.25, 0.3) is 0 Å². The molecule has 3 nitrogen and oxygen atoms in total. The highest BCUT2D eigenvalue weighted by molar-refractivity contribution is 7.85. The summed E-state index contributed by atoms with van der Waals surface area (Å²) in [6, 6.07) is 5.60. The van der Waals surface area contributed by atoms with Gasteiger partial charge in [-0.1, -0.05) is 12.1 Å². The second-order valence-electron chi connectivity index (χ2n) is 2.39. The van der Waals surface area contributed by atoms with Gasteiger partial charge in [0.05, 0.1) is 15.7 Å². The number of carbonyl (C=O) groups is 1. The molecule has 0 aliphatic carbocycles. The smallest absolute Gasteiger partial charge is 0.230 e. The zero-order valence-electron chi connectivity index (χ0n) is 6.70. The van der Waals surface area contributed by atoms with Gasteiger partial charge in [-0.05, 0) is 12.1 Å². The van der Waals surface area contributed by atoms with Crippen molar-refractivity contribution >= 4 is 16.7 Å². The molecule has 1 aromatic carbocycles. The number of hydrogen-bond acceptors (Lipinski definition) is 2. The molecule has 0 saturated carbocycles. The SMILES string of the molecule is NC(=O)CS(=O)c1ccccc1F. The fraction of sp³-hybridized carbons (Fsp3) is 0.125. The number of nitrogens with two attached hydrogens (primary N) is 1. The first-order valence-electron chi connectivity index (χ1n) is 3.52. The zero-order chi connectivity index (χ0) is 9.84. The third-order valence-corrected chi connectivity index (χ3v) is 2.72. The summed E-state index contributed by atoms with van der Waals surface area (Å²) < 4.78 is 24.2. The molecule has 0 bridgehead atoms. The van der Waals surface area contributed by atoms with Crippen LogP contribution in [-0.4, -0.2) is 15.9 Å². The number of amides is 1. The minimum atomic E-state index is -1.67. The number of primary amides is 1. The average molecular weight is 201 g/mol. The van der Waals surface area contributed by atoms with Gasteiger partial charge in [-0.15, -0.1) is 0 Å². The molecule has 0 spiro atoms. The van der Waals surface area contributed by atoms with Crippen LogP contribution in [0, 0.1) is 5.82 Å². The molecule has 1 unspecified atom stereocenters. The molecule has 0 fully saturated rings. The maximum absolute atomic E-state index is 12.9. The van der Waals surface area contributed by atoms with E-state index in [0.717, 1.165) is 0 Å². The summed E-state index contributed by atoms with van der Waals surface area (Å²) in [5.41, 5.74) is 4.83. The highest BCUT2D eigenvalue weighted by Gasteiger charge is 2.10. The molecule has 0 radical (unpaired) electrons. The predicted octanol–water partition coefficient (Wildman–Crippen LogP) is 0.419. The molecule has 0 aliphatic rings. The number of rotatable bonds is 3. The summed E-state index contributed by atoms with van der Waals surface area (Å²) in [6.07, 6.45) is 0. The van der Waals surface area contributed by atoms with Crippen molar-refractivity contribution in [3.8, 4) is 0 Å². The van der Waals surface area contributed by atoms with E-state index in [2.05, 4.69) is 0 Å². The Morgan fingerprint density at radius 3 is 2.62 bits per heavy atom. The fourth-order valence-corrected chi connectivity index (χ4v) is 1.77. The van der Waals surface area contributed by atoms with Gasteiger partial charge in [0.1, 0.15) is 11.6 Å². The fourth-order valence-electron chi connectivity index (χ4n) is 0.836. The van der Waals surface area contributed by atoms with Crippen LogP contribution in [0.4, 0.5) is 4.39 Å². The van der Waals surface area contributed by atoms with Gasteiger partial charge in [-0.2, -0.15) is 0 Å². The number of hydrogen-bond donors (Lipinski definition) is 1. The third kappa shape index (κ3) is 2.62. The van der Waals surface area contributed by atoms with Gasteiger partial charge in [0.15, 0.2) is 0 Å². The average Bonchev–Trinajstić information content (AvgIpc) is 2.03. The summed E-state index contributed by atoms with van der Waals surface area (Å²) in [5, 5.41) is 0. The monoisotopic (exact) mass is 201 g/mol. The highest BCUT2D eigenvalue weighted by Crippen LogP contribution is 2.10. The van der Waals surface area contributed by atoms with Crippen molar-refractivity contribution < 1.29 is 13.4 Å². The van der Waals surface area contributed by atoms with E-state index in [1.165, 1.54) is 18.2 Å². The van der Waals surface area contributed by atoms with E-state index in [1.807, 2.05) is 0 Å². The molecule has 70 valence electrons. The summed E-state index contributed by atoms with van der Waals surface area (Å²) in [4.78, 5) is 10.4. The second-order valence-corrected chi connectivity index (χ2v) is 3.81. The Bertz CT molecular complexity index is 354. The van der Waals surface area contributed by atoms with Crippen LogP contribution < -0.4 is 5.73 Å². The predicted molar refractivity (Wildman–Crippen MR) is 46.9 cm³/mol. The van der Waals surface area contributed by atoms with E-state index >= 15 is 0 Å². The lowest BCUT2D eigenvalue weighted by Crippen LogP contribution is -2.19. The Morgan fingerprint density at radius 1 is 1.46 bits per heavy atom. The Labute approximate surface area is 77.2 Å². The lowest BCUT2D eigenvalue weighted by Gasteiger charge is -1.99. The summed E-state index contributed by atoms with van der Waals surface area (Å²) in [5.74, 6) is -1.63. The Balaban J connectivity index is 2.89. The van der Waals surface area contributed by atoms with Crippen LogP contribution in [0.1, 0.15) is 0 Å². The van der Waals surface area contributed by atoms with E-state index in [0.29, 0.717) is 0 Å². The second kappa shape index (κ2) is 4.13. The molecule has 0 aliphatic heterocycles. The first kappa shape index (κ1) is 9.85. The van der Waals surface area contributed by atoms with Crippen molar-refractivity contribution in [3.05, 3.63) is 30.1 Å². The van der Waals surface area contributed by atoms with Crippen molar-refractivity contribution in [3.63, 3.8) is 0 Å². The van der Waals surface area contributed by atoms with E-state index in [4.69, 9.17) is 5.73 Å². The van der Waals surface area contributed by atoms with Crippen LogP contribution >= 0.6 is 0 Å². The number of halogens is 1. The zero-order valence-corrected chi connectivity index (χ0v) is 7.51. The molecule has 1 amide bonds. The largest absolute Gasteiger partial charge is 0.369 e. The normalized spacial score (nSPS) is 12.4. The minimum absolute atomic E-state index is 0.0151. The molecule has 2 N–H and O–H groups in total.